The van der Waals surface area contributed by atoms with Crippen molar-refractivity contribution in [2.24, 2.45) is 11.3 Å². The Kier molecular flexibility index (Phi) is 8.81. The molecule has 0 aliphatic rings. The van der Waals surface area contributed by atoms with Gasteiger partial charge in [-0.25, -0.2) is 9.37 Å². The Morgan fingerprint density at radius 3 is 2.30 bits per heavy atom. The lowest BCUT2D eigenvalue weighted by atomic mass is 9.91. The molecule has 0 aliphatic carbocycles. The van der Waals surface area contributed by atoms with E-state index in [0.29, 0.717) is 34.9 Å². The van der Waals surface area contributed by atoms with Gasteiger partial charge in [-0.1, -0.05) is 40.7 Å². The Balaban J connectivity index is 2.07. The van der Waals surface area contributed by atoms with Crippen LogP contribution in [0.4, 0.5) is 9.52 Å². The van der Waals surface area contributed by atoms with E-state index in [9.17, 15) is 18.8 Å². The number of thiazole rings is 1. The van der Waals surface area contributed by atoms with Crippen molar-refractivity contribution >= 4 is 34.2 Å². The van der Waals surface area contributed by atoms with Gasteiger partial charge < -0.3 is 10.6 Å². The van der Waals surface area contributed by atoms with Crippen LogP contribution in [0.3, 0.4) is 0 Å². The second kappa shape index (κ2) is 11.6. The Morgan fingerprint density at radius 2 is 1.68 bits per heavy atom. The van der Waals surface area contributed by atoms with Crippen LogP contribution in [0, 0.1) is 24.1 Å². The molecule has 0 radical (unpaired) electrons. The maximum atomic E-state index is 15.0. The zero-order valence-corrected chi connectivity index (χ0v) is 22.8. The average Bonchev–Trinajstić information content (AvgIpc) is 3.34. The van der Waals surface area contributed by atoms with E-state index in [2.05, 4.69) is 20.9 Å². The number of halogens is 1. The van der Waals surface area contributed by atoms with Crippen molar-refractivity contribution in [3.8, 4) is 11.1 Å². The first kappa shape index (κ1) is 28.0. The summed E-state index contributed by atoms with van der Waals surface area (Å²) in [7, 11) is 0. The molecular weight excluding hydrogens is 491 g/mol. The molecule has 37 heavy (non-hydrogen) atoms. The molecule has 0 saturated heterocycles. The Labute approximate surface area is 220 Å². The van der Waals surface area contributed by atoms with Crippen molar-refractivity contribution in [1.29, 1.82) is 0 Å². The van der Waals surface area contributed by atoms with Crippen LogP contribution in [-0.4, -0.2) is 35.8 Å². The third-order valence-corrected chi connectivity index (χ3v) is 6.21. The molecule has 3 amide bonds. The zero-order chi connectivity index (χ0) is 27.3. The van der Waals surface area contributed by atoms with Crippen LogP contribution < -0.4 is 16.0 Å². The lowest BCUT2D eigenvalue weighted by molar-refractivity contribution is 0.0935. The number of carbonyl (C=O) groups is 3. The Morgan fingerprint density at radius 1 is 0.973 bits per heavy atom. The van der Waals surface area contributed by atoms with Crippen molar-refractivity contribution in [3.63, 3.8) is 0 Å². The van der Waals surface area contributed by atoms with Gasteiger partial charge in [0.2, 0.25) is 0 Å². The van der Waals surface area contributed by atoms with Crippen LogP contribution in [-0.2, 0) is 0 Å². The standard InChI is InChI=1S/C28H33FN4O3S/c1-16(2)14-31-25(35)19-12-21(17(3)23(29)13-19)20-8-7-18(24(34)32-15-28(4,5)6)11-22(20)26(36)33-27-30-9-10-37-27/h7-13,16H,14-15H2,1-6H3,(H,31,35)(H,32,34)(H,30,33,36). The molecule has 3 aromatic rings. The van der Waals surface area contributed by atoms with Gasteiger partial charge in [-0.2, -0.15) is 0 Å². The summed E-state index contributed by atoms with van der Waals surface area (Å²) in [5.41, 5.74) is 1.57. The summed E-state index contributed by atoms with van der Waals surface area (Å²) in [6.07, 6.45) is 1.57. The number of rotatable bonds is 8. The maximum absolute atomic E-state index is 15.0. The highest BCUT2D eigenvalue weighted by molar-refractivity contribution is 7.13. The summed E-state index contributed by atoms with van der Waals surface area (Å²) >= 11 is 1.25. The van der Waals surface area contributed by atoms with Crippen molar-refractivity contribution < 1.29 is 18.8 Å². The molecule has 3 N–H and O–H groups in total. The summed E-state index contributed by atoms with van der Waals surface area (Å²) in [6, 6.07) is 7.46. The van der Waals surface area contributed by atoms with E-state index in [1.807, 2.05) is 34.6 Å². The van der Waals surface area contributed by atoms with E-state index < -0.39 is 17.6 Å². The van der Waals surface area contributed by atoms with Crippen LogP contribution in [0.15, 0.2) is 41.9 Å². The van der Waals surface area contributed by atoms with Gasteiger partial charge in [-0.05, 0) is 59.2 Å². The molecule has 0 fully saturated rings. The third kappa shape index (κ3) is 7.45. The molecule has 1 aromatic heterocycles. The molecule has 9 heteroatoms. The lowest BCUT2D eigenvalue weighted by Gasteiger charge is -2.19. The minimum absolute atomic E-state index is 0.119. The van der Waals surface area contributed by atoms with Crippen molar-refractivity contribution in [1.82, 2.24) is 15.6 Å². The van der Waals surface area contributed by atoms with Gasteiger partial charge in [-0.3, -0.25) is 19.7 Å². The molecule has 1 heterocycles. The van der Waals surface area contributed by atoms with Crippen molar-refractivity contribution in [2.45, 2.75) is 41.5 Å². The first-order valence-electron chi connectivity index (χ1n) is 12.1. The number of aromatic nitrogens is 1. The van der Waals surface area contributed by atoms with E-state index in [0.717, 1.165) is 0 Å². The first-order valence-corrected chi connectivity index (χ1v) is 13.0. The number of carbonyl (C=O) groups excluding carboxylic acids is 3. The minimum Gasteiger partial charge on any atom is -0.352 e. The molecule has 2 aromatic carbocycles. The second-order valence-corrected chi connectivity index (χ2v) is 11.4. The molecule has 3 rings (SSSR count). The normalized spacial score (nSPS) is 11.4. The SMILES string of the molecule is Cc1c(F)cc(C(=O)NCC(C)C)cc1-c1ccc(C(=O)NCC(C)(C)C)cc1C(=O)Nc1nccs1. The molecule has 0 aliphatic heterocycles. The van der Waals surface area contributed by atoms with Crippen LogP contribution in [0.2, 0.25) is 0 Å². The first-order chi connectivity index (χ1) is 17.4. The van der Waals surface area contributed by atoms with Crippen molar-refractivity contribution in [2.75, 3.05) is 18.4 Å². The van der Waals surface area contributed by atoms with Gasteiger partial charge in [0.1, 0.15) is 5.82 Å². The summed E-state index contributed by atoms with van der Waals surface area (Å²) in [5.74, 6) is -1.55. The van der Waals surface area contributed by atoms with E-state index in [1.165, 1.54) is 23.5 Å². The number of nitrogens with zero attached hydrogens (tertiary/aromatic N) is 1. The summed E-state index contributed by atoms with van der Waals surface area (Å²) in [4.78, 5) is 43.0. The highest BCUT2D eigenvalue weighted by Gasteiger charge is 2.22. The largest absolute Gasteiger partial charge is 0.352 e. The van der Waals surface area contributed by atoms with Crippen LogP contribution >= 0.6 is 11.3 Å². The fourth-order valence-corrected chi connectivity index (χ4v) is 4.02. The highest BCUT2D eigenvalue weighted by atomic mass is 32.1. The number of nitrogens with one attached hydrogen (secondary N) is 3. The predicted octanol–water partition coefficient (Wildman–Crippen LogP) is 5.67. The lowest BCUT2D eigenvalue weighted by Crippen LogP contribution is -2.32. The number of anilines is 1. The van der Waals surface area contributed by atoms with E-state index in [1.54, 1.807) is 36.7 Å². The monoisotopic (exact) mass is 524 g/mol. The fourth-order valence-electron chi connectivity index (χ4n) is 3.49. The summed E-state index contributed by atoms with van der Waals surface area (Å²) < 4.78 is 15.0. The van der Waals surface area contributed by atoms with Crippen LogP contribution in [0.25, 0.3) is 11.1 Å². The van der Waals surface area contributed by atoms with Gasteiger partial charge in [-0.15, -0.1) is 11.3 Å². The van der Waals surface area contributed by atoms with Crippen LogP contribution in [0.5, 0.6) is 0 Å². The fraction of sp³-hybridized carbons (Fsp3) is 0.357. The van der Waals surface area contributed by atoms with Crippen molar-refractivity contribution in [3.05, 3.63) is 70.0 Å². The molecule has 196 valence electrons. The molecule has 0 atom stereocenters. The number of benzene rings is 2. The van der Waals surface area contributed by atoms with Crippen LogP contribution in [0.1, 0.15) is 71.3 Å². The molecule has 7 nitrogen and oxygen atoms in total. The summed E-state index contributed by atoms with van der Waals surface area (Å²) in [5, 5.41) is 10.5. The maximum Gasteiger partial charge on any atom is 0.258 e. The topological polar surface area (TPSA) is 100 Å². The van der Waals surface area contributed by atoms with Gasteiger partial charge in [0.25, 0.3) is 17.7 Å². The number of hydrogen-bond donors (Lipinski definition) is 3. The Hall–Kier alpha value is -3.59. The third-order valence-electron chi connectivity index (χ3n) is 5.53. The smallest absolute Gasteiger partial charge is 0.258 e. The van der Waals surface area contributed by atoms with Gasteiger partial charge in [0.15, 0.2) is 5.13 Å². The van der Waals surface area contributed by atoms with E-state index in [4.69, 9.17) is 0 Å². The quantitative estimate of drug-likeness (QED) is 0.353. The van der Waals surface area contributed by atoms with Gasteiger partial charge in [0, 0.05) is 41.4 Å². The van der Waals surface area contributed by atoms with E-state index >= 15 is 0 Å². The number of amides is 3. The van der Waals surface area contributed by atoms with E-state index in [-0.39, 0.29) is 33.9 Å². The number of hydrogen-bond acceptors (Lipinski definition) is 5. The highest BCUT2D eigenvalue weighted by Crippen LogP contribution is 2.31. The molecule has 0 spiro atoms. The molecular formula is C28H33FN4O3S. The molecule has 0 bridgehead atoms. The Bertz CT molecular complexity index is 1300. The van der Waals surface area contributed by atoms with Gasteiger partial charge in [0.05, 0.1) is 0 Å². The predicted molar refractivity (Wildman–Crippen MR) is 146 cm³/mol. The second-order valence-electron chi connectivity index (χ2n) is 10.5. The molecule has 0 unspecified atom stereocenters. The molecule has 0 saturated carbocycles. The van der Waals surface area contributed by atoms with Gasteiger partial charge >= 0.3 is 0 Å². The zero-order valence-electron chi connectivity index (χ0n) is 22.0. The average molecular weight is 525 g/mol. The summed E-state index contributed by atoms with van der Waals surface area (Å²) in [6.45, 7) is 12.4. The minimum atomic E-state index is -0.564.